The topological polar surface area (TPSA) is 47.1 Å². The minimum Gasteiger partial charge on any atom is -0.329 e. The summed E-state index contributed by atoms with van der Waals surface area (Å²) in [7, 11) is 0. The number of nitrogens with zero attached hydrogens (tertiary/aromatic N) is 3. The van der Waals surface area contributed by atoms with Crippen molar-refractivity contribution in [2.45, 2.75) is 32.4 Å². The summed E-state index contributed by atoms with van der Waals surface area (Å²) in [5, 5.41) is 0. The molecule has 2 N–H and O–H groups in total. The second-order valence-electron chi connectivity index (χ2n) is 5.46. The maximum atomic E-state index is 13.4. The quantitative estimate of drug-likeness (QED) is 0.932. The summed E-state index contributed by atoms with van der Waals surface area (Å²) in [4.78, 5) is 7.10. The molecule has 0 radical (unpaired) electrons. The molecule has 5 heteroatoms. The van der Waals surface area contributed by atoms with Gasteiger partial charge in [0.1, 0.15) is 11.6 Å². The summed E-state index contributed by atoms with van der Waals surface area (Å²) in [6.07, 6.45) is 2.49. The highest BCUT2D eigenvalue weighted by Gasteiger charge is 2.24. The van der Waals surface area contributed by atoms with Crippen LogP contribution >= 0.6 is 0 Å². The van der Waals surface area contributed by atoms with Crippen LogP contribution in [0.4, 0.5) is 4.39 Å². The normalized spacial score (nSPS) is 17.9. The molecular weight excluding hydrogens is 255 g/mol. The maximum absolute atomic E-state index is 13.4. The van der Waals surface area contributed by atoms with Crippen molar-refractivity contribution < 1.29 is 4.39 Å². The first-order chi connectivity index (χ1) is 9.70. The van der Waals surface area contributed by atoms with Crippen molar-refractivity contribution in [3.8, 4) is 0 Å². The highest BCUT2D eigenvalue weighted by atomic mass is 19.1. The van der Waals surface area contributed by atoms with Gasteiger partial charge in [0, 0.05) is 19.2 Å². The van der Waals surface area contributed by atoms with E-state index in [2.05, 4.69) is 21.4 Å². The Kier molecular flexibility index (Phi) is 3.72. The number of nitrogens with two attached hydrogens (primary N) is 1. The van der Waals surface area contributed by atoms with Crippen LogP contribution in [0, 0.1) is 5.82 Å². The van der Waals surface area contributed by atoms with Gasteiger partial charge in [0.05, 0.1) is 17.1 Å². The Bertz CT molecular complexity index is 601. The molecule has 1 unspecified atom stereocenters. The van der Waals surface area contributed by atoms with Crippen LogP contribution in [-0.2, 0) is 6.54 Å². The number of imidazole rings is 1. The van der Waals surface area contributed by atoms with E-state index in [0.717, 1.165) is 36.5 Å². The molecule has 4 nitrogen and oxygen atoms in total. The minimum atomic E-state index is -0.240. The molecule has 1 aliphatic heterocycles. The third-order valence-corrected chi connectivity index (χ3v) is 4.15. The molecule has 2 heterocycles. The molecule has 20 heavy (non-hydrogen) atoms. The van der Waals surface area contributed by atoms with Crippen LogP contribution in [0.2, 0.25) is 0 Å². The van der Waals surface area contributed by atoms with Crippen molar-refractivity contribution in [2.75, 3.05) is 19.6 Å². The molecule has 1 aromatic carbocycles. The standard InChI is InChI=1S/C15H21FN4/c1-11(19-7-2-3-8-19)15-18-13-10-12(16)4-5-14(13)20(15)9-6-17/h4-5,10-11H,2-3,6-9,17H2,1H3. The van der Waals surface area contributed by atoms with E-state index < -0.39 is 0 Å². The molecule has 0 spiro atoms. The molecule has 3 rings (SSSR count). The van der Waals surface area contributed by atoms with Crippen LogP contribution in [0.5, 0.6) is 0 Å². The van der Waals surface area contributed by atoms with Crippen LogP contribution < -0.4 is 5.73 Å². The monoisotopic (exact) mass is 276 g/mol. The Labute approximate surface area is 118 Å². The van der Waals surface area contributed by atoms with Crippen LogP contribution in [0.15, 0.2) is 18.2 Å². The van der Waals surface area contributed by atoms with E-state index in [1.165, 1.54) is 25.0 Å². The fourth-order valence-electron chi connectivity index (χ4n) is 3.10. The number of aromatic nitrogens is 2. The van der Waals surface area contributed by atoms with Gasteiger partial charge in [-0.05, 0) is 45.0 Å². The number of likely N-dealkylation sites (tertiary alicyclic amines) is 1. The van der Waals surface area contributed by atoms with Gasteiger partial charge in [-0.25, -0.2) is 9.37 Å². The van der Waals surface area contributed by atoms with Crippen molar-refractivity contribution >= 4 is 11.0 Å². The fraction of sp³-hybridized carbons (Fsp3) is 0.533. The summed E-state index contributed by atoms with van der Waals surface area (Å²) in [5.74, 6) is 0.758. The number of halogens is 1. The third-order valence-electron chi connectivity index (χ3n) is 4.15. The van der Waals surface area contributed by atoms with Gasteiger partial charge in [0.15, 0.2) is 0 Å². The van der Waals surface area contributed by atoms with E-state index in [9.17, 15) is 4.39 Å². The highest BCUT2D eigenvalue weighted by molar-refractivity contribution is 5.76. The summed E-state index contributed by atoms with van der Waals surface area (Å²) in [6.45, 7) is 5.68. The third kappa shape index (κ3) is 2.31. The molecule has 0 aliphatic carbocycles. The molecule has 0 saturated carbocycles. The summed E-state index contributed by atoms with van der Waals surface area (Å²) in [6, 6.07) is 5.04. The highest BCUT2D eigenvalue weighted by Crippen LogP contribution is 2.27. The van der Waals surface area contributed by atoms with Gasteiger partial charge in [0.2, 0.25) is 0 Å². The molecule has 108 valence electrons. The van der Waals surface area contributed by atoms with Crippen molar-refractivity contribution in [1.29, 1.82) is 0 Å². The minimum absolute atomic E-state index is 0.240. The largest absolute Gasteiger partial charge is 0.329 e. The van der Waals surface area contributed by atoms with Gasteiger partial charge in [0.25, 0.3) is 0 Å². The van der Waals surface area contributed by atoms with E-state index in [-0.39, 0.29) is 11.9 Å². The molecule has 1 saturated heterocycles. The lowest BCUT2D eigenvalue weighted by Gasteiger charge is -2.24. The molecule has 1 atom stereocenters. The fourth-order valence-corrected chi connectivity index (χ4v) is 3.10. The summed E-state index contributed by atoms with van der Waals surface area (Å²) < 4.78 is 15.5. The lowest BCUT2D eigenvalue weighted by atomic mass is 10.2. The van der Waals surface area contributed by atoms with E-state index in [0.29, 0.717) is 6.54 Å². The lowest BCUT2D eigenvalue weighted by molar-refractivity contribution is 0.248. The van der Waals surface area contributed by atoms with Gasteiger partial charge in [-0.3, -0.25) is 4.90 Å². The summed E-state index contributed by atoms with van der Waals surface area (Å²) in [5.41, 5.74) is 7.42. The molecule has 1 fully saturated rings. The SMILES string of the molecule is CC(c1nc2cc(F)ccc2n1CCN)N1CCCC1. The second kappa shape index (κ2) is 5.50. The Morgan fingerprint density at radius 3 is 2.80 bits per heavy atom. The Morgan fingerprint density at radius 1 is 1.35 bits per heavy atom. The first-order valence-electron chi connectivity index (χ1n) is 7.30. The van der Waals surface area contributed by atoms with Crippen LogP contribution in [0.3, 0.4) is 0 Å². The maximum Gasteiger partial charge on any atom is 0.127 e. The molecule has 1 aliphatic rings. The van der Waals surface area contributed by atoms with E-state index >= 15 is 0 Å². The zero-order chi connectivity index (χ0) is 14.1. The van der Waals surface area contributed by atoms with Gasteiger partial charge in [-0.2, -0.15) is 0 Å². The molecule has 1 aromatic heterocycles. The van der Waals surface area contributed by atoms with Crippen LogP contribution in [-0.4, -0.2) is 34.1 Å². The summed E-state index contributed by atoms with van der Waals surface area (Å²) >= 11 is 0. The van der Waals surface area contributed by atoms with Gasteiger partial charge in [-0.15, -0.1) is 0 Å². The van der Waals surface area contributed by atoms with Crippen LogP contribution in [0.1, 0.15) is 31.6 Å². The van der Waals surface area contributed by atoms with Crippen molar-refractivity contribution in [2.24, 2.45) is 5.73 Å². The average Bonchev–Trinajstić information content (AvgIpc) is 3.06. The zero-order valence-electron chi connectivity index (χ0n) is 11.8. The Hall–Kier alpha value is -1.46. The number of benzene rings is 1. The number of hydrogen-bond donors (Lipinski definition) is 1. The predicted octanol–water partition coefficient (Wildman–Crippen LogP) is 2.29. The smallest absolute Gasteiger partial charge is 0.127 e. The second-order valence-corrected chi connectivity index (χ2v) is 5.46. The first kappa shape index (κ1) is 13.5. The zero-order valence-corrected chi connectivity index (χ0v) is 11.8. The molecule has 0 amide bonds. The Morgan fingerprint density at radius 2 is 2.10 bits per heavy atom. The van der Waals surface area contributed by atoms with Gasteiger partial charge < -0.3 is 10.3 Å². The number of fused-ring (bicyclic) bond motifs is 1. The Balaban J connectivity index is 2.05. The average molecular weight is 276 g/mol. The van der Waals surface area contributed by atoms with Crippen molar-refractivity contribution in [3.05, 3.63) is 29.8 Å². The number of hydrogen-bond acceptors (Lipinski definition) is 3. The van der Waals surface area contributed by atoms with E-state index in [1.54, 1.807) is 6.07 Å². The van der Waals surface area contributed by atoms with Gasteiger partial charge in [-0.1, -0.05) is 0 Å². The first-order valence-corrected chi connectivity index (χ1v) is 7.30. The van der Waals surface area contributed by atoms with Crippen molar-refractivity contribution in [3.63, 3.8) is 0 Å². The number of rotatable bonds is 4. The van der Waals surface area contributed by atoms with Crippen LogP contribution in [0.25, 0.3) is 11.0 Å². The van der Waals surface area contributed by atoms with E-state index in [1.807, 2.05) is 0 Å². The lowest BCUT2D eigenvalue weighted by Crippen LogP contribution is -2.26. The van der Waals surface area contributed by atoms with E-state index in [4.69, 9.17) is 5.73 Å². The van der Waals surface area contributed by atoms with Gasteiger partial charge >= 0.3 is 0 Å². The molecule has 2 aromatic rings. The molecular formula is C15H21FN4. The predicted molar refractivity (Wildman–Crippen MR) is 78.0 cm³/mol. The molecule has 0 bridgehead atoms. The van der Waals surface area contributed by atoms with Crippen molar-refractivity contribution in [1.82, 2.24) is 14.5 Å².